The minimum absolute atomic E-state index is 0. The Labute approximate surface area is 101 Å². The topological polar surface area (TPSA) is 29.5 Å². The Kier molecular flexibility index (Phi) is 18.8. The van der Waals surface area contributed by atoms with E-state index >= 15 is 0 Å². The molecule has 0 fully saturated rings. The van der Waals surface area contributed by atoms with Crippen LogP contribution in [0.1, 0.15) is 22.4 Å². The highest BCUT2D eigenvalue weighted by molar-refractivity contribution is 5.38. The lowest BCUT2D eigenvalue weighted by Crippen LogP contribution is -1.96. The maximum Gasteiger partial charge on any atom is 0.0697 e. The first kappa shape index (κ1) is 15.6. The molecule has 0 aromatic heterocycles. The molecular formula is C13H26O2. The van der Waals surface area contributed by atoms with Gasteiger partial charge in [-0.15, -0.1) is 6.42 Å². The molecule has 1 N–H and O–H groups in total. The molecule has 0 saturated carbocycles. The normalized spacial score (nSPS) is 5.73. The van der Waals surface area contributed by atoms with Crippen LogP contribution in [-0.2, 0) is 4.74 Å². The lowest BCUT2D eigenvalue weighted by atomic mass is 10.5. The van der Waals surface area contributed by atoms with Crippen LogP contribution in [0.25, 0.3) is 0 Å². The van der Waals surface area contributed by atoms with Gasteiger partial charge in [0.15, 0.2) is 0 Å². The van der Waals surface area contributed by atoms with Crippen LogP contribution in [-0.4, -0.2) is 24.9 Å². The van der Waals surface area contributed by atoms with E-state index in [0.29, 0.717) is 13.2 Å². The molecule has 0 spiro atoms. The van der Waals surface area contributed by atoms with Gasteiger partial charge in [0, 0.05) is 15.2 Å². The summed E-state index contributed by atoms with van der Waals surface area (Å²) in [6, 6.07) is 0. The summed E-state index contributed by atoms with van der Waals surface area (Å²) in [6.45, 7) is 4.91. The molecule has 0 saturated heterocycles. The van der Waals surface area contributed by atoms with Crippen molar-refractivity contribution >= 4 is 0 Å². The zero-order chi connectivity index (χ0) is 11.8. The van der Waals surface area contributed by atoms with Gasteiger partial charge >= 0.3 is 0 Å². The van der Waals surface area contributed by atoms with Gasteiger partial charge < -0.3 is 9.84 Å². The van der Waals surface area contributed by atoms with Crippen molar-refractivity contribution in [3.63, 3.8) is 0 Å². The molecule has 0 rings (SSSR count). The minimum atomic E-state index is 0. The smallest absolute Gasteiger partial charge is 0.0697 e. The highest BCUT2D eigenvalue weighted by Crippen LogP contribution is 1.66. The number of aliphatic hydroxyl groups excluding tert-OH is 1. The van der Waals surface area contributed by atoms with Crippen molar-refractivity contribution in [1.82, 2.24) is 0 Å². The van der Waals surface area contributed by atoms with Crippen LogP contribution in [0.2, 0.25) is 0 Å². The van der Waals surface area contributed by atoms with E-state index in [1.54, 1.807) is 6.92 Å². The predicted octanol–water partition coefficient (Wildman–Crippen LogP) is 2.14. The summed E-state index contributed by atoms with van der Waals surface area (Å²) < 4.78 is 4.73. The third kappa shape index (κ3) is 24.5. The molecule has 0 aliphatic rings. The quantitative estimate of drug-likeness (QED) is 0.576. The number of rotatable bonds is 3. The second-order valence-electron chi connectivity index (χ2n) is 1.94. The second-order valence-corrected chi connectivity index (χ2v) is 1.94. The first-order chi connectivity index (χ1) is 7.33. The molecule has 0 aliphatic heterocycles. The third-order valence-electron chi connectivity index (χ3n) is 0.887. The van der Waals surface area contributed by atoms with Crippen LogP contribution in [0.15, 0.2) is 0 Å². The molecule has 0 unspecified atom stereocenters. The van der Waals surface area contributed by atoms with Gasteiger partial charge in [0.05, 0.1) is 13.2 Å². The SMILES string of the molecule is C#CC#CC#CC#CC.CCOCCO.[HH].[HH].[HH].[HH].[HH].[HH]. The van der Waals surface area contributed by atoms with Gasteiger partial charge in [0.1, 0.15) is 0 Å². The maximum absolute atomic E-state index is 8.07. The molecule has 90 valence electrons. The van der Waals surface area contributed by atoms with Crippen LogP contribution in [0, 0.1) is 47.9 Å². The van der Waals surface area contributed by atoms with Crippen LogP contribution >= 0.6 is 0 Å². The lowest BCUT2D eigenvalue weighted by molar-refractivity contribution is 0.102. The molecule has 0 atom stereocenters. The van der Waals surface area contributed by atoms with Crippen molar-refractivity contribution in [1.29, 1.82) is 0 Å². The lowest BCUT2D eigenvalue weighted by Gasteiger charge is -1.91. The predicted molar refractivity (Wildman–Crippen MR) is 74.1 cm³/mol. The number of aliphatic hydroxyl groups is 1. The van der Waals surface area contributed by atoms with Crippen molar-refractivity contribution in [2.24, 2.45) is 0 Å². The largest absolute Gasteiger partial charge is 0.394 e. The number of ether oxygens (including phenoxy) is 1. The van der Waals surface area contributed by atoms with Crippen molar-refractivity contribution in [3.05, 3.63) is 0 Å². The van der Waals surface area contributed by atoms with Crippen molar-refractivity contribution < 1.29 is 18.4 Å². The average Bonchev–Trinajstić information content (AvgIpc) is 2.27. The first-order valence-corrected chi connectivity index (χ1v) is 4.39. The molecule has 2 heteroatoms. The summed E-state index contributed by atoms with van der Waals surface area (Å²) in [7, 11) is 0. The van der Waals surface area contributed by atoms with Crippen LogP contribution in [0.5, 0.6) is 0 Å². The van der Waals surface area contributed by atoms with Crippen molar-refractivity contribution in [2.75, 3.05) is 19.8 Å². The van der Waals surface area contributed by atoms with Gasteiger partial charge in [0.2, 0.25) is 0 Å². The molecule has 0 aliphatic carbocycles. The van der Waals surface area contributed by atoms with E-state index in [1.807, 2.05) is 6.92 Å². The summed E-state index contributed by atoms with van der Waals surface area (Å²) in [5.41, 5.74) is 0. The van der Waals surface area contributed by atoms with Gasteiger partial charge in [-0.25, -0.2) is 0 Å². The number of hydrogen-bond donors (Lipinski definition) is 1. The molecule has 0 bridgehead atoms. The zero-order valence-electron chi connectivity index (χ0n) is 9.05. The molecule has 15 heavy (non-hydrogen) atoms. The Morgan fingerprint density at radius 1 is 1.20 bits per heavy atom. The van der Waals surface area contributed by atoms with Crippen LogP contribution in [0.3, 0.4) is 0 Å². The second kappa shape index (κ2) is 18.0. The van der Waals surface area contributed by atoms with Crippen molar-refractivity contribution in [3.8, 4) is 47.9 Å². The fourth-order valence-electron chi connectivity index (χ4n) is 0.401. The molecule has 2 nitrogen and oxygen atoms in total. The summed E-state index contributed by atoms with van der Waals surface area (Å²) >= 11 is 0. The molecule has 0 radical (unpaired) electrons. The standard InChI is InChI=1S/C9H4.C4H10O2.6H2/c1-3-5-7-9-8-6-4-2;1-2-6-4-3-5;;;;;;/h1H,2H3;5H,2-4H2,1H3;6*1H. The Morgan fingerprint density at radius 2 is 1.80 bits per heavy atom. The Bertz CT molecular complexity index is 356. The first-order valence-electron chi connectivity index (χ1n) is 4.39. The van der Waals surface area contributed by atoms with E-state index < -0.39 is 0 Å². The highest BCUT2D eigenvalue weighted by atomic mass is 16.5. The molecule has 0 aromatic rings. The van der Waals surface area contributed by atoms with E-state index in [1.165, 1.54) is 0 Å². The van der Waals surface area contributed by atoms with E-state index in [-0.39, 0.29) is 15.2 Å². The monoisotopic (exact) mass is 214 g/mol. The highest BCUT2D eigenvalue weighted by Gasteiger charge is 1.73. The van der Waals surface area contributed by atoms with Crippen molar-refractivity contribution in [2.45, 2.75) is 13.8 Å². The fraction of sp³-hybridized carbons (Fsp3) is 0.385. The summed E-state index contributed by atoms with van der Waals surface area (Å²) in [4.78, 5) is 0. The van der Waals surface area contributed by atoms with Gasteiger partial charge in [-0.05, 0) is 49.4 Å². The number of hydrogen-bond acceptors (Lipinski definition) is 2. The van der Waals surface area contributed by atoms with E-state index in [4.69, 9.17) is 16.3 Å². The van der Waals surface area contributed by atoms with Gasteiger partial charge in [-0.2, -0.15) is 0 Å². The fourth-order valence-corrected chi connectivity index (χ4v) is 0.401. The summed E-state index contributed by atoms with van der Waals surface area (Å²) in [6.07, 6.45) is 4.82. The summed E-state index contributed by atoms with van der Waals surface area (Å²) in [5, 5.41) is 8.07. The zero-order valence-corrected chi connectivity index (χ0v) is 9.05. The molecule has 0 amide bonds. The minimum Gasteiger partial charge on any atom is -0.394 e. The molecule has 0 aromatic carbocycles. The van der Waals surface area contributed by atoms with Gasteiger partial charge in [-0.3, -0.25) is 0 Å². The Hall–Kier alpha value is -1.84. The Morgan fingerprint density at radius 3 is 2.20 bits per heavy atom. The third-order valence-corrected chi connectivity index (χ3v) is 0.887. The molecule has 0 heterocycles. The summed E-state index contributed by atoms with van der Waals surface area (Å²) in [5.74, 6) is 17.0. The maximum atomic E-state index is 8.07. The van der Waals surface area contributed by atoms with Gasteiger partial charge in [-0.1, -0.05) is 5.92 Å². The molecular weight excluding hydrogens is 188 g/mol. The van der Waals surface area contributed by atoms with Crippen LogP contribution < -0.4 is 0 Å². The average molecular weight is 214 g/mol. The van der Waals surface area contributed by atoms with E-state index in [0.717, 1.165) is 0 Å². The van der Waals surface area contributed by atoms with E-state index in [2.05, 4.69) is 41.4 Å². The number of terminal acetylenes is 1. The van der Waals surface area contributed by atoms with E-state index in [9.17, 15) is 0 Å². The Balaban J connectivity index is -0.0000000217. The van der Waals surface area contributed by atoms with Gasteiger partial charge in [0.25, 0.3) is 0 Å². The van der Waals surface area contributed by atoms with Crippen LogP contribution in [0.4, 0.5) is 0 Å².